The fourth-order valence-corrected chi connectivity index (χ4v) is 4.54. The Kier molecular flexibility index (Phi) is 6.61. The molecule has 2 amide bonds. The van der Waals surface area contributed by atoms with E-state index in [2.05, 4.69) is 5.32 Å². The predicted octanol–water partition coefficient (Wildman–Crippen LogP) is 2.03. The monoisotopic (exact) mass is 430 g/mol. The van der Waals surface area contributed by atoms with Gasteiger partial charge in [-0.3, -0.25) is 14.4 Å². The van der Waals surface area contributed by atoms with Crippen LogP contribution >= 0.6 is 11.8 Å². The van der Waals surface area contributed by atoms with E-state index in [9.17, 15) is 24.3 Å². The van der Waals surface area contributed by atoms with Crippen LogP contribution in [0.5, 0.6) is 0 Å². The Bertz CT molecular complexity index is 927. The number of nitrogens with zero attached hydrogens (tertiary/aromatic N) is 1. The summed E-state index contributed by atoms with van der Waals surface area (Å²) in [5, 5.41) is 13.6. The molecule has 1 aromatic carbocycles. The number of nitrogens with one attached hydrogen (secondary N) is 1. The van der Waals surface area contributed by atoms with Crippen molar-refractivity contribution in [3.8, 4) is 0 Å². The second-order valence-electron chi connectivity index (χ2n) is 7.06. The predicted molar refractivity (Wildman–Crippen MR) is 110 cm³/mol. The van der Waals surface area contributed by atoms with Crippen LogP contribution in [0.25, 0.3) is 0 Å². The van der Waals surface area contributed by atoms with Gasteiger partial charge in [-0.05, 0) is 17.9 Å². The van der Waals surface area contributed by atoms with Gasteiger partial charge in [0.2, 0.25) is 11.8 Å². The van der Waals surface area contributed by atoms with Crippen molar-refractivity contribution in [3.05, 3.63) is 58.1 Å². The molecule has 1 aromatic rings. The van der Waals surface area contributed by atoms with Crippen molar-refractivity contribution in [1.82, 2.24) is 10.2 Å². The Balaban J connectivity index is 1.63. The van der Waals surface area contributed by atoms with Crippen LogP contribution in [0.4, 0.5) is 0 Å². The number of hydrogen-bond acceptors (Lipinski definition) is 6. The Labute approximate surface area is 178 Å². The number of thioether (sulfide) groups is 1. The molecule has 0 bridgehead atoms. The van der Waals surface area contributed by atoms with Gasteiger partial charge in [-0.15, -0.1) is 0 Å². The maximum Gasteiger partial charge on any atom is 0.353 e. The molecule has 1 fully saturated rings. The molecule has 158 valence electrons. The quantitative estimate of drug-likeness (QED) is 0.479. The summed E-state index contributed by atoms with van der Waals surface area (Å²) < 4.78 is 5.47. The van der Waals surface area contributed by atoms with Gasteiger partial charge in [0.1, 0.15) is 11.8 Å². The zero-order valence-electron chi connectivity index (χ0n) is 16.5. The highest BCUT2D eigenvalue weighted by Crippen LogP contribution is 2.47. The summed E-state index contributed by atoms with van der Waals surface area (Å²) >= 11 is 1.14. The van der Waals surface area contributed by atoms with E-state index >= 15 is 0 Å². The van der Waals surface area contributed by atoms with Crippen LogP contribution in [-0.4, -0.2) is 45.9 Å². The van der Waals surface area contributed by atoms with E-state index in [-0.39, 0.29) is 30.0 Å². The zero-order valence-corrected chi connectivity index (χ0v) is 17.3. The number of β-lactam (4-membered cyclic amide) rings is 1. The average molecular weight is 430 g/mol. The van der Waals surface area contributed by atoms with Gasteiger partial charge in [0.15, 0.2) is 0 Å². The highest BCUT2D eigenvalue weighted by atomic mass is 32.2. The molecular formula is C21H22N2O6S. The first-order valence-corrected chi connectivity index (χ1v) is 10.3. The first-order chi connectivity index (χ1) is 14.3. The van der Waals surface area contributed by atoms with E-state index in [1.807, 2.05) is 30.3 Å². The fraction of sp³-hybridized carbons (Fsp3) is 0.333. The van der Waals surface area contributed by atoms with E-state index in [0.717, 1.165) is 17.3 Å². The van der Waals surface area contributed by atoms with E-state index in [4.69, 9.17) is 4.74 Å². The van der Waals surface area contributed by atoms with Crippen LogP contribution < -0.4 is 5.32 Å². The summed E-state index contributed by atoms with van der Waals surface area (Å²) in [6.07, 6.45) is 1.22. The topological polar surface area (TPSA) is 113 Å². The third kappa shape index (κ3) is 4.56. The van der Waals surface area contributed by atoms with Crippen LogP contribution in [0.1, 0.15) is 25.8 Å². The zero-order chi connectivity index (χ0) is 21.8. The molecule has 0 unspecified atom stereocenters. The number of amides is 2. The number of ether oxygens (including phenoxy) is 1. The number of aliphatic carboxylic acids is 1. The minimum Gasteiger partial charge on any atom is -0.477 e. The SMILES string of the molecule is CC(=O)N/C=C/SC1=C(C(=O)O)N2C(=O)[C@@H]([C@H](C)OC(=O)Cc3ccccc3)[C@H]2C1. The van der Waals surface area contributed by atoms with Crippen LogP contribution in [0, 0.1) is 5.92 Å². The number of esters is 1. The number of carboxylic acids is 1. The Morgan fingerprint density at radius 3 is 2.67 bits per heavy atom. The van der Waals surface area contributed by atoms with Gasteiger partial charge in [-0.2, -0.15) is 0 Å². The van der Waals surface area contributed by atoms with E-state index in [0.29, 0.717) is 11.3 Å². The lowest BCUT2D eigenvalue weighted by Crippen LogP contribution is -2.62. The molecule has 0 saturated carbocycles. The maximum atomic E-state index is 12.7. The van der Waals surface area contributed by atoms with E-state index < -0.39 is 24.0 Å². The van der Waals surface area contributed by atoms with Crippen LogP contribution in [0.2, 0.25) is 0 Å². The van der Waals surface area contributed by atoms with Gasteiger partial charge < -0.3 is 20.1 Å². The average Bonchev–Trinajstić information content (AvgIpc) is 3.00. The van der Waals surface area contributed by atoms with Gasteiger partial charge in [0, 0.05) is 24.4 Å². The number of carboxylic acid groups (broad SMARTS) is 1. The number of fused-ring (bicyclic) bond motifs is 1. The van der Waals surface area contributed by atoms with Crippen molar-refractivity contribution in [2.24, 2.45) is 5.92 Å². The standard InChI is InChI=1S/C21H22N2O6S/c1-12(29-17(25)10-14-6-4-3-5-7-14)18-15-11-16(30-9-8-22-13(2)24)19(21(27)28)23(15)20(18)26/h3-9,12,15,18H,10-11H2,1-2H3,(H,22,24)(H,27,28)/b9-8+/t12-,15+,18-/m0/s1. The van der Waals surface area contributed by atoms with Crippen LogP contribution in [-0.2, 0) is 30.3 Å². The molecule has 0 spiro atoms. The lowest BCUT2D eigenvalue weighted by atomic mass is 9.83. The summed E-state index contributed by atoms with van der Waals surface area (Å²) in [6, 6.07) is 8.79. The van der Waals surface area contributed by atoms with Crippen LogP contribution in [0.15, 0.2) is 52.5 Å². The number of carbonyl (C=O) groups excluding carboxylic acids is 3. The second kappa shape index (κ2) is 9.17. The third-order valence-corrected chi connectivity index (χ3v) is 5.87. The Hall–Kier alpha value is -3.07. The molecule has 0 aliphatic carbocycles. The van der Waals surface area contributed by atoms with Crippen molar-refractivity contribution in [3.63, 3.8) is 0 Å². The smallest absolute Gasteiger partial charge is 0.353 e. The van der Waals surface area contributed by atoms with Crippen molar-refractivity contribution < 1.29 is 29.0 Å². The normalized spacial score (nSPS) is 21.3. The van der Waals surface area contributed by atoms with Gasteiger partial charge in [0.25, 0.3) is 0 Å². The molecule has 2 aliphatic rings. The maximum absolute atomic E-state index is 12.7. The first-order valence-electron chi connectivity index (χ1n) is 9.41. The molecule has 8 nitrogen and oxygen atoms in total. The number of benzene rings is 1. The van der Waals surface area contributed by atoms with E-state index in [1.54, 1.807) is 12.3 Å². The summed E-state index contributed by atoms with van der Waals surface area (Å²) in [5.41, 5.74) is 0.762. The molecule has 2 aliphatic heterocycles. The van der Waals surface area contributed by atoms with Gasteiger partial charge >= 0.3 is 11.9 Å². The fourth-order valence-electron chi connectivity index (χ4n) is 3.67. The number of carbonyl (C=O) groups is 4. The summed E-state index contributed by atoms with van der Waals surface area (Å²) in [5.74, 6) is -2.81. The van der Waals surface area contributed by atoms with E-state index in [1.165, 1.54) is 18.0 Å². The summed E-state index contributed by atoms with van der Waals surface area (Å²) in [4.78, 5) is 49.3. The molecule has 0 radical (unpaired) electrons. The minimum absolute atomic E-state index is 0.0541. The van der Waals surface area contributed by atoms with Crippen LogP contribution in [0.3, 0.4) is 0 Å². The molecule has 30 heavy (non-hydrogen) atoms. The first kappa shape index (κ1) is 21.6. The lowest BCUT2D eigenvalue weighted by molar-refractivity contribution is -0.170. The van der Waals surface area contributed by atoms with Gasteiger partial charge in [0.05, 0.1) is 18.4 Å². The van der Waals surface area contributed by atoms with Gasteiger partial charge in [-0.25, -0.2) is 4.79 Å². The Morgan fingerprint density at radius 1 is 1.33 bits per heavy atom. The van der Waals surface area contributed by atoms with Gasteiger partial charge in [-0.1, -0.05) is 42.1 Å². The molecule has 0 aromatic heterocycles. The van der Waals surface area contributed by atoms with Crippen molar-refractivity contribution in [2.45, 2.75) is 38.8 Å². The third-order valence-electron chi connectivity index (χ3n) is 4.95. The lowest BCUT2D eigenvalue weighted by Gasteiger charge is -2.45. The molecule has 9 heteroatoms. The Morgan fingerprint density at radius 2 is 2.03 bits per heavy atom. The summed E-state index contributed by atoms with van der Waals surface area (Å²) in [6.45, 7) is 3.02. The molecule has 1 saturated heterocycles. The highest BCUT2D eigenvalue weighted by molar-refractivity contribution is 8.05. The molecule has 3 rings (SSSR count). The summed E-state index contributed by atoms with van der Waals surface area (Å²) in [7, 11) is 0. The minimum atomic E-state index is -1.19. The molecular weight excluding hydrogens is 408 g/mol. The number of rotatable bonds is 8. The second-order valence-corrected chi connectivity index (χ2v) is 8.06. The largest absolute Gasteiger partial charge is 0.477 e. The molecule has 2 heterocycles. The van der Waals surface area contributed by atoms with Crippen molar-refractivity contribution >= 4 is 35.5 Å². The highest BCUT2D eigenvalue weighted by Gasteiger charge is 2.57. The molecule has 3 atom stereocenters. The van der Waals surface area contributed by atoms with Crippen molar-refractivity contribution in [1.29, 1.82) is 0 Å². The van der Waals surface area contributed by atoms with Crippen molar-refractivity contribution in [2.75, 3.05) is 0 Å². The number of hydrogen-bond donors (Lipinski definition) is 2. The molecule has 2 N–H and O–H groups in total.